The van der Waals surface area contributed by atoms with E-state index in [1.54, 1.807) is 7.11 Å². The lowest BCUT2D eigenvalue weighted by Gasteiger charge is -2.30. The molecule has 17 heavy (non-hydrogen) atoms. The van der Waals surface area contributed by atoms with Crippen LogP contribution in [0, 0.1) is 5.41 Å². The fourth-order valence-electron chi connectivity index (χ4n) is 1.98. The van der Waals surface area contributed by atoms with Crippen molar-refractivity contribution in [2.24, 2.45) is 5.41 Å². The average molecular weight is 245 g/mol. The molecule has 3 nitrogen and oxygen atoms in total. The largest absolute Gasteiger partial charge is 0.382 e. The normalized spacial score (nSPS) is 13.9. The third-order valence-corrected chi connectivity index (χ3v) is 3.11. The van der Waals surface area contributed by atoms with Gasteiger partial charge in [-0.1, -0.05) is 33.6 Å². The summed E-state index contributed by atoms with van der Waals surface area (Å²) in [4.78, 5) is 0. The Morgan fingerprint density at radius 3 is 2.24 bits per heavy atom. The molecular formula is C14H31NO2. The summed E-state index contributed by atoms with van der Waals surface area (Å²) in [5, 5.41) is 3.41. The molecule has 0 radical (unpaired) electrons. The molecule has 0 bridgehead atoms. The van der Waals surface area contributed by atoms with Crippen molar-refractivity contribution in [3.63, 3.8) is 0 Å². The van der Waals surface area contributed by atoms with E-state index in [9.17, 15) is 0 Å². The molecule has 0 heterocycles. The first kappa shape index (κ1) is 16.9. The third kappa shape index (κ3) is 9.57. The van der Waals surface area contributed by atoms with E-state index in [0.29, 0.717) is 18.1 Å². The molecule has 1 N–H and O–H groups in total. The van der Waals surface area contributed by atoms with Gasteiger partial charge in [0.05, 0.1) is 13.2 Å². The van der Waals surface area contributed by atoms with E-state index in [4.69, 9.17) is 9.47 Å². The van der Waals surface area contributed by atoms with Crippen LogP contribution >= 0.6 is 0 Å². The molecule has 1 atom stereocenters. The minimum Gasteiger partial charge on any atom is -0.382 e. The average Bonchev–Trinajstić information content (AvgIpc) is 2.25. The van der Waals surface area contributed by atoms with Crippen molar-refractivity contribution in [2.75, 3.05) is 34.0 Å². The standard InChI is InChI=1S/C14H31NO2/c1-14(2,3)13(15-4)9-7-6-8-10-17-12-11-16-5/h13,15H,6-12H2,1-5H3. The lowest BCUT2D eigenvalue weighted by Crippen LogP contribution is -2.37. The summed E-state index contributed by atoms with van der Waals surface area (Å²) < 4.78 is 10.4. The second-order valence-corrected chi connectivity index (χ2v) is 5.66. The van der Waals surface area contributed by atoms with Crippen molar-refractivity contribution in [2.45, 2.75) is 52.5 Å². The number of rotatable bonds is 10. The fourth-order valence-corrected chi connectivity index (χ4v) is 1.98. The predicted molar refractivity (Wildman–Crippen MR) is 73.5 cm³/mol. The lowest BCUT2D eigenvalue weighted by atomic mass is 9.84. The maximum atomic E-state index is 5.43. The molecule has 1 unspecified atom stereocenters. The van der Waals surface area contributed by atoms with E-state index in [-0.39, 0.29) is 0 Å². The third-order valence-electron chi connectivity index (χ3n) is 3.11. The number of methoxy groups -OCH3 is 1. The second-order valence-electron chi connectivity index (χ2n) is 5.66. The topological polar surface area (TPSA) is 30.5 Å². The van der Waals surface area contributed by atoms with E-state index in [2.05, 4.69) is 33.1 Å². The molecule has 104 valence electrons. The molecule has 0 amide bonds. The highest BCUT2D eigenvalue weighted by Crippen LogP contribution is 2.23. The summed E-state index contributed by atoms with van der Waals surface area (Å²) in [5.74, 6) is 0. The van der Waals surface area contributed by atoms with Crippen molar-refractivity contribution in [3.8, 4) is 0 Å². The number of hydrogen-bond donors (Lipinski definition) is 1. The monoisotopic (exact) mass is 245 g/mol. The number of unbranched alkanes of at least 4 members (excludes halogenated alkanes) is 2. The van der Waals surface area contributed by atoms with Gasteiger partial charge in [0, 0.05) is 19.8 Å². The molecule has 0 aromatic carbocycles. The van der Waals surface area contributed by atoms with Gasteiger partial charge in [-0.2, -0.15) is 0 Å². The van der Waals surface area contributed by atoms with Crippen LogP contribution in [0.15, 0.2) is 0 Å². The highest BCUT2D eigenvalue weighted by Gasteiger charge is 2.21. The Balaban J connectivity index is 3.38. The van der Waals surface area contributed by atoms with Gasteiger partial charge < -0.3 is 14.8 Å². The van der Waals surface area contributed by atoms with Gasteiger partial charge in [0.2, 0.25) is 0 Å². The lowest BCUT2D eigenvalue weighted by molar-refractivity contribution is 0.0684. The Labute approximate surface area is 107 Å². The molecule has 0 saturated carbocycles. The van der Waals surface area contributed by atoms with Crippen LogP contribution in [0.3, 0.4) is 0 Å². The molecular weight excluding hydrogens is 214 g/mol. The molecule has 0 aromatic rings. The maximum absolute atomic E-state index is 5.43. The molecule has 3 heteroatoms. The van der Waals surface area contributed by atoms with Crippen molar-refractivity contribution in [1.29, 1.82) is 0 Å². The van der Waals surface area contributed by atoms with Crippen molar-refractivity contribution < 1.29 is 9.47 Å². The molecule has 0 rings (SSSR count). The van der Waals surface area contributed by atoms with E-state index < -0.39 is 0 Å². The first-order chi connectivity index (χ1) is 8.02. The Hall–Kier alpha value is -0.120. The molecule has 0 aliphatic heterocycles. The van der Waals surface area contributed by atoms with Crippen LogP contribution in [0.25, 0.3) is 0 Å². The fraction of sp³-hybridized carbons (Fsp3) is 1.00. The molecule has 0 aromatic heterocycles. The summed E-state index contributed by atoms with van der Waals surface area (Å²) in [5.41, 5.74) is 0.351. The molecule has 0 aliphatic carbocycles. The molecule has 0 spiro atoms. The summed E-state index contributed by atoms with van der Waals surface area (Å²) in [6.07, 6.45) is 4.93. The quantitative estimate of drug-likeness (QED) is 0.600. The van der Waals surface area contributed by atoms with Gasteiger partial charge in [0.1, 0.15) is 0 Å². The number of nitrogens with one attached hydrogen (secondary N) is 1. The van der Waals surface area contributed by atoms with Crippen LogP contribution in [0.1, 0.15) is 46.5 Å². The summed E-state index contributed by atoms with van der Waals surface area (Å²) in [6, 6.07) is 0.608. The summed E-state index contributed by atoms with van der Waals surface area (Å²) in [6.45, 7) is 9.17. The van der Waals surface area contributed by atoms with Gasteiger partial charge in [-0.25, -0.2) is 0 Å². The smallest absolute Gasteiger partial charge is 0.0700 e. The van der Waals surface area contributed by atoms with Crippen LogP contribution in [-0.4, -0.2) is 40.0 Å². The second kappa shape index (κ2) is 9.86. The molecule has 0 aliphatic rings. The minimum absolute atomic E-state index is 0.351. The van der Waals surface area contributed by atoms with Crippen molar-refractivity contribution in [1.82, 2.24) is 5.32 Å². The summed E-state index contributed by atoms with van der Waals surface area (Å²) in [7, 11) is 3.76. The highest BCUT2D eigenvalue weighted by atomic mass is 16.5. The van der Waals surface area contributed by atoms with Gasteiger partial charge in [-0.15, -0.1) is 0 Å². The van der Waals surface area contributed by atoms with Crippen LogP contribution in [0.5, 0.6) is 0 Å². The van der Waals surface area contributed by atoms with E-state index in [1.807, 2.05) is 0 Å². The van der Waals surface area contributed by atoms with Crippen LogP contribution in [0.4, 0.5) is 0 Å². The van der Waals surface area contributed by atoms with Crippen LogP contribution in [-0.2, 0) is 9.47 Å². The van der Waals surface area contributed by atoms with Crippen molar-refractivity contribution in [3.05, 3.63) is 0 Å². The van der Waals surface area contributed by atoms with Gasteiger partial charge in [0.15, 0.2) is 0 Å². The Bertz CT molecular complexity index is 166. The van der Waals surface area contributed by atoms with E-state index in [1.165, 1.54) is 19.3 Å². The predicted octanol–water partition coefficient (Wildman–Crippen LogP) is 2.84. The van der Waals surface area contributed by atoms with Gasteiger partial charge in [0.25, 0.3) is 0 Å². The zero-order chi connectivity index (χ0) is 13.1. The minimum atomic E-state index is 0.351. The zero-order valence-corrected chi connectivity index (χ0v) is 12.3. The van der Waals surface area contributed by atoms with Crippen molar-refractivity contribution >= 4 is 0 Å². The first-order valence-corrected chi connectivity index (χ1v) is 6.76. The van der Waals surface area contributed by atoms with Gasteiger partial charge >= 0.3 is 0 Å². The van der Waals surface area contributed by atoms with Gasteiger partial charge in [-0.05, 0) is 25.3 Å². The van der Waals surface area contributed by atoms with E-state index >= 15 is 0 Å². The SMILES string of the molecule is CNC(CCCCCOCCOC)C(C)(C)C. The Kier molecular flexibility index (Phi) is 9.79. The Morgan fingerprint density at radius 2 is 1.71 bits per heavy atom. The first-order valence-electron chi connectivity index (χ1n) is 6.76. The van der Waals surface area contributed by atoms with Gasteiger partial charge in [-0.3, -0.25) is 0 Å². The summed E-state index contributed by atoms with van der Waals surface area (Å²) >= 11 is 0. The van der Waals surface area contributed by atoms with Crippen LogP contribution in [0.2, 0.25) is 0 Å². The number of hydrogen-bond acceptors (Lipinski definition) is 3. The number of ether oxygens (including phenoxy) is 2. The zero-order valence-electron chi connectivity index (χ0n) is 12.3. The molecule has 0 saturated heterocycles. The molecule has 0 fully saturated rings. The van der Waals surface area contributed by atoms with Crippen LogP contribution < -0.4 is 5.32 Å². The highest BCUT2D eigenvalue weighted by molar-refractivity contribution is 4.78. The Morgan fingerprint density at radius 1 is 1.00 bits per heavy atom. The van der Waals surface area contributed by atoms with E-state index in [0.717, 1.165) is 19.6 Å². The maximum Gasteiger partial charge on any atom is 0.0700 e.